The van der Waals surface area contributed by atoms with Gasteiger partial charge in [0.1, 0.15) is 6.54 Å². The summed E-state index contributed by atoms with van der Waals surface area (Å²) in [6.07, 6.45) is 1.06. The zero-order valence-corrected chi connectivity index (χ0v) is 14.1. The first-order chi connectivity index (χ1) is 11.9. The Morgan fingerprint density at radius 3 is 2.40 bits per heavy atom. The molecule has 0 radical (unpaired) electrons. The monoisotopic (exact) mass is 357 g/mol. The number of tetrazole rings is 1. The number of rotatable bonds is 6. The lowest BCUT2D eigenvalue weighted by atomic mass is 10.1. The Kier molecular flexibility index (Phi) is 4.57. The van der Waals surface area contributed by atoms with E-state index in [1.165, 1.54) is 16.9 Å². The first-order valence-electron chi connectivity index (χ1n) is 7.35. The van der Waals surface area contributed by atoms with Crippen molar-refractivity contribution in [3.05, 3.63) is 60.2 Å². The number of hydrogen-bond acceptors (Lipinski definition) is 6. The van der Waals surface area contributed by atoms with Crippen LogP contribution < -0.4 is 4.72 Å². The first kappa shape index (κ1) is 16.8. The number of benzene rings is 2. The minimum Gasteiger partial charge on any atom is -0.292 e. The third-order valence-corrected chi connectivity index (χ3v) is 3.89. The van der Waals surface area contributed by atoms with Crippen LogP contribution in [0.25, 0.3) is 11.4 Å². The van der Waals surface area contributed by atoms with Crippen molar-refractivity contribution in [3.8, 4) is 11.4 Å². The highest BCUT2D eigenvalue weighted by Gasteiger charge is 2.11. The van der Waals surface area contributed by atoms with Gasteiger partial charge in [0.05, 0.1) is 6.26 Å². The average Bonchev–Trinajstić information content (AvgIpc) is 3.03. The number of hydrogen-bond donors (Lipinski definition) is 1. The third kappa shape index (κ3) is 4.48. The van der Waals surface area contributed by atoms with Crippen LogP contribution >= 0.6 is 0 Å². The molecule has 3 aromatic rings. The smallest absolute Gasteiger partial charge is 0.229 e. The van der Waals surface area contributed by atoms with E-state index < -0.39 is 10.0 Å². The molecule has 0 saturated heterocycles. The maximum Gasteiger partial charge on any atom is 0.229 e. The predicted molar refractivity (Wildman–Crippen MR) is 92.5 cm³/mol. The normalized spacial score (nSPS) is 11.2. The van der Waals surface area contributed by atoms with Crippen molar-refractivity contribution in [3.63, 3.8) is 0 Å². The number of aromatic nitrogens is 4. The molecular formula is C16H15N5O3S. The summed E-state index contributed by atoms with van der Waals surface area (Å²) >= 11 is 0. The lowest BCUT2D eigenvalue weighted by molar-refractivity contribution is 0.0961. The van der Waals surface area contributed by atoms with Gasteiger partial charge in [0.15, 0.2) is 5.78 Å². The predicted octanol–water partition coefficient (Wildman–Crippen LogP) is 1.59. The maximum atomic E-state index is 12.3. The molecule has 0 atom stereocenters. The van der Waals surface area contributed by atoms with Gasteiger partial charge in [0, 0.05) is 16.8 Å². The van der Waals surface area contributed by atoms with E-state index in [9.17, 15) is 13.2 Å². The number of Topliss-reactive ketones (excluding diaryl/α,β-unsaturated/α-hetero) is 1. The fourth-order valence-corrected chi connectivity index (χ4v) is 2.74. The Balaban J connectivity index is 1.69. The average molecular weight is 357 g/mol. The Labute approximate surface area is 144 Å². The summed E-state index contributed by atoms with van der Waals surface area (Å²) in [4.78, 5) is 13.5. The van der Waals surface area contributed by atoms with Crippen molar-refractivity contribution in [1.29, 1.82) is 0 Å². The van der Waals surface area contributed by atoms with E-state index >= 15 is 0 Å². The highest BCUT2D eigenvalue weighted by molar-refractivity contribution is 7.92. The summed E-state index contributed by atoms with van der Waals surface area (Å²) in [7, 11) is -3.35. The van der Waals surface area contributed by atoms with E-state index in [4.69, 9.17) is 0 Å². The highest BCUT2D eigenvalue weighted by Crippen LogP contribution is 2.13. The van der Waals surface area contributed by atoms with Crippen LogP contribution in [0.2, 0.25) is 0 Å². The van der Waals surface area contributed by atoms with Crippen molar-refractivity contribution >= 4 is 21.5 Å². The fraction of sp³-hybridized carbons (Fsp3) is 0.125. The van der Waals surface area contributed by atoms with Crippen molar-refractivity contribution in [2.24, 2.45) is 0 Å². The van der Waals surface area contributed by atoms with Gasteiger partial charge in [-0.3, -0.25) is 9.52 Å². The molecule has 0 aliphatic rings. The summed E-state index contributed by atoms with van der Waals surface area (Å²) in [5.41, 5.74) is 1.64. The van der Waals surface area contributed by atoms with Crippen LogP contribution in [0.1, 0.15) is 10.4 Å². The molecule has 0 amide bonds. The number of sulfonamides is 1. The molecule has 1 aromatic heterocycles. The van der Waals surface area contributed by atoms with Crippen LogP contribution in [0.5, 0.6) is 0 Å². The van der Waals surface area contributed by atoms with Crippen LogP contribution in [0.3, 0.4) is 0 Å². The van der Waals surface area contributed by atoms with E-state index in [0.29, 0.717) is 17.1 Å². The van der Waals surface area contributed by atoms with Crippen molar-refractivity contribution < 1.29 is 13.2 Å². The van der Waals surface area contributed by atoms with Gasteiger partial charge < -0.3 is 0 Å². The standard InChI is InChI=1S/C16H15N5O3S/c1-25(23,24)19-14-9-7-12(8-10-14)15(22)11-21-18-16(17-20-21)13-5-3-2-4-6-13/h2-10,19H,11H2,1H3. The van der Waals surface area contributed by atoms with Gasteiger partial charge in [-0.1, -0.05) is 30.3 Å². The van der Waals surface area contributed by atoms with Crippen LogP contribution in [0.4, 0.5) is 5.69 Å². The second kappa shape index (κ2) is 6.81. The van der Waals surface area contributed by atoms with Gasteiger partial charge in [-0.25, -0.2) is 8.42 Å². The second-order valence-electron chi connectivity index (χ2n) is 5.38. The van der Waals surface area contributed by atoms with Crippen molar-refractivity contribution in [2.75, 3.05) is 11.0 Å². The third-order valence-electron chi connectivity index (χ3n) is 3.28. The lowest BCUT2D eigenvalue weighted by Crippen LogP contribution is -2.13. The first-order valence-corrected chi connectivity index (χ1v) is 9.24. The lowest BCUT2D eigenvalue weighted by Gasteiger charge is -2.05. The number of carbonyl (C=O) groups excluding carboxylic acids is 1. The van der Waals surface area contributed by atoms with Gasteiger partial charge in [-0.2, -0.15) is 4.80 Å². The molecule has 128 valence electrons. The molecule has 0 spiro atoms. The number of carbonyl (C=O) groups is 1. The molecule has 2 aromatic carbocycles. The molecule has 9 heteroatoms. The van der Waals surface area contributed by atoms with Crippen LogP contribution in [-0.4, -0.2) is 40.7 Å². The van der Waals surface area contributed by atoms with E-state index in [1.54, 1.807) is 12.1 Å². The summed E-state index contributed by atoms with van der Waals surface area (Å²) in [6.45, 7) is -0.0569. The van der Waals surface area contributed by atoms with E-state index in [0.717, 1.165) is 11.8 Å². The minimum absolute atomic E-state index is 0.0569. The van der Waals surface area contributed by atoms with Crippen molar-refractivity contribution in [2.45, 2.75) is 6.54 Å². The minimum atomic E-state index is -3.35. The van der Waals surface area contributed by atoms with E-state index in [1.807, 2.05) is 30.3 Å². The molecule has 0 saturated carbocycles. The van der Waals surface area contributed by atoms with Gasteiger partial charge in [0.25, 0.3) is 0 Å². The Morgan fingerprint density at radius 1 is 1.08 bits per heavy atom. The SMILES string of the molecule is CS(=O)(=O)Nc1ccc(C(=O)Cn2nnc(-c3ccccc3)n2)cc1. The highest BCUT2D eigenvalue weighted by atomic mass is 32.2. The molecular weight excluding hydrogens is 342 g/mol. The van der Waals surface area contributed by atoms with E-state index in [2.05, 4.69) is 20.1 Å². The summed E-state index contributed by atoms with van der Waals surface area (Å²) in [5.74, 6) is 0.240. The molecule has 1 N–H and O–H groups in total. The van der Waals surface area contributed by atoms with Gasteiger partial charge >= 0.3 is 0 Å². The molecule has 0 unspecified atom stereocenters. The topological polar surface area (TPSA) is 107 Å². The van der Waals surface area contributed by atoms with Gasteiger partial charge in [-0.15, -0.1) is 10.2 Å². The summed E-state index contributed by atoms with van der Waals surface area (Å²) in [5, 5.41) is 12.0. The zero-order chi connectivity index (χ0) is 17.9. The van der Waals surface area contributed by atoms with Crippen LogP contribution in [0.15, 0.2) is 54.6 Å². The van der Waals surface area contributed by atoms with Crippen LogP contribution in [0, 0.1) is 0 Å². The fourth-order valence-electron chi connectivity index (χ4n) is 2.17. The summed E-state index contributed by atoms with van der Waals surface area (Å²) < 4.78 is 24.7. The number of anilines is 1. The largest absolute Gasteiger partial charge is 0.292 e. The number of nitrogens with zero attached hydrogens (tertiary/aromatic N) is 4. The maximum absolute atomic E-state index is 12.3. The Bertz CT molecular complexity index is 982. The van der Waals surface area contributed by atoms with Crippen molar-refractivity contribution in [1.82, 2.24) is 20.2 Å². The molecule has 0 aliphatic heterocycles. The van der Waals surface area contributed by atoms with Gasteiger partial charge in [0.2, 0.25) is 15.8 Å². The molecule has 1 heterocycles. The quantitative estimate of drug-likeness (QED) is 0.672. The van der Waals surface area contributed by atoms with E-state index in [-0.39, 0.29) is 12.3 Å². The van der Waals surface area contributed by atoms with Crippen LogP contribution in [-0.2, 0) is 16.6 Å². The van der Waals surface area contributed by atoms with Gasteiger partial charge in [-0.05, 0) is 29.5 Å². The summed E-state index contributed by atoms with van der Waals surface area (Å²) in [6, 6.07) is 15.5. The second-order valence-corrected chi connectivity index (χ2v) is 7.13. The Morgan fingerprint density at radius 2 is 1.76 bits per heavy atom. The molecule has 8 nitrogen and oxygen atoms in total. The molecule has 0 fully saturated rings. The number of nitrogens with one attached hydrogen (secondary N) is 1. The zero-order valence-electron chi connectivity index (χ0n) is 13.3. The molecule has 0 aliphatic carbocycles. The molecule has 0 bridgehead atoms. The number of ketones is 1. The molecule has 25 heavy (non-hydrogen) atoms. The molecule has 3 rings (SSSR count). The Hall–Kier alpha value is -3.07.